The first kappa shape index (κ1) is 22.4. The van der Waals surface area contributed by atoms with Gasteiger partial charge in [0.05, 0.1) is 24.6 Å². The average Bonchev–Trinajstić information content (AvgIpc) is 2.73. The molecule has 0 aliphatic heterocycles. The molecule has 0 saturated carbocycles. The summed E-state index contributed by atoms with van der Waals surface area (Å²) in [5.74, 6) is 1.58. The molecule has 0 aliphatic carbocycles. The van der Waals surface area contributed by atoms with Gasteiger partial charge < -0.3 is 26.4 Å². The molecule has 1 aromatic heterocycles. The van der Waals surface area contributed by atoms with Gasteiger partial charge in [-0.3, -0.25) is 0 Å². The molecule has 9 heteroatoms. The van der Waals surface area contributed by atoms with Crippen LogP contribution in [0.1, 0.15) is 0 Å². The van der Waals surface area contributed by atoms with E-state index in [4.69, 9.17) is 20.8 Å². The zero-order chi connectivity index (χ0) is 22.4. The lowest BCUT2D eigenvalue weighted by atomic mass is 10.1. The van der Waals surface area contributed by atoms with E-state index >= 15 is 0 Å². The van der Waals surface area contributed by atoms with Crippen LogP contribution in [0, 0.1) is 0 Å². The minimum atomic E-state index is -6.00. The van der Waals surface area contributed by atoms with E-state index in [0.29, 0.717) is 5.02 Å². The summed E-state index contributed by atoms with van der Waals surface area (Å²) in [5.41, 5.74) is 2.70. The Morgan fingerprint density at radius 2 is 1.58 bits per heavy atom. The molecule has 3 aromatic carbocycles. The number of hydrogen-bond donors (Lipinski definition) is 1. The molecule has 1 N–H and O–H groups in total. The van der Waals surface area contributed by atoms with E-state index in [1.54, 1.807) is 7.11 Å². The lowest BCUT2D eigenvalue weighted by molar-refractivity contribution is -0.401. The molecule has 0 radical (unpaired) electrons. The predicted molar refractivity (Wildman–Crippen MR) is 114 cm³/mol. The fraction of sp³-hybridized carbons (Fsp3) is 0.0455. The lowest BCUT2D eigenvalue weighted by Crippen LogP contribution is -2.70. The molecule has 3 nitrogen and oxygen atoms in total. The Balaban J connectivity index is 0.000000491. The number of methoxy groups -OCH3 is 1. The van der Waals surface area contributed by atoms with Crippen LogP contribution in [-0.2, 0) is 0 Å². The molecule has 31 heavy (non-hydrogen) atoms. The van der Waals surface area contributed by atoms with Crippen LogP contribution < -0.4 is 15.1 Å². The van der Waals surface area contributed by atoms with Crippen LogP contribution in [0.25, 0.3) is 22.3 Å². The molecule has 160 valence electrons. The van der Waals surface area contributed by atoms with Crippen LogP contribution in [0.3, 0.4) is 0 Å². The first-order valence-electron chi connectivity index (χ1n) is 9.13. The third kappa shape index (κ3) is 6.62. The van der Waals surface area contributed by atoms with Crippen molar-refractivity contribution in [3.63, 3.8) is 0 Å². The minimum absolute atomic E-state index is 0.661. The number of nitrogens with one attached hydrogen (secondary N) is 1. The summed E-state index contributed by atoms with van der Waals surface area (Å²) in [6.45, 7) is 0. The second kappa shape index (κ2) is 9.70. The van der Waals surface area contributed by atoms with Crippen molar-refractivity contribution in [3.8, 4) is 17.1 Å². The van der Waals surface area contributed by atoms with Gasteiger partial charge in [-0.05, 0) is 24.3 Å². The van der Waals surface area contributed by atoms with Crippen LogP contribution in [0.2, 0.25) is 5.02 Å². The maximum atomic E-state index is 9.75. The van der Waals surface area contributed by atoms with Crippen molar-refractivity contribution in [1.82, 2.24) is 0 Å². The summed E-state index contributed by atoms with van der Waals surface area (Å²) in [5, 5.41) is 2.50. The van der Waals surface area contributed by atoms with Gasteiger partial charge in [-0.1, -0.05) is 48.0 Å². The Kier molecular flexibility index (Phi) is 7.02. The van der Waals surface area contributed by atoms with Crippen LogP contribution in [0.15, 0.2) is 83.3 Å². The molecule has 0 atom stereocenters. The van der Waals surface area contributed by atoms with Crippen molar-refractivity contribution in [3.05, 3.63) is 89.2 Å². The van der Waals surface area contributed by atoms with Gasteiger partial charge in [-0.25, -0.2) is 4.99 Å². The Labute approximate surface area is 180 Å². The van der Waals surface area contributed by atoms with E-state index in [1.807, 2.05) is 78.9 Å². The predicted octanol–water partition coefficient (Wildman–Crippen LogP) is 5.37. The molecule has 0 saturated heterocycles. The van der Waals surface area contributed by atoms with Crippen molar-refractivity contribution < 1.29 is 31.4 Å². The number of ether oxygens (including phenoxy) is 1. The van der Waals surface area contributed by atoms with Crippen LogP contribution in [0.5, 0.6) is 5.75 Å². The van der Waals surface area contributed by atoms with Crippen LogP contribution in [0.4, 0.5) is 23.0 Å². The maximum Gasteiger partial charge on any atom is 0.673 e. The molecular weight excluding hydrogens is 433 g/mol. The number of fused-ring (bicyclic) bond motifs is 1. The fourth-order valence-electron chi connectivity index (χ4n) is 2.86. The molecule has 4 aromatic rings. The highest BCUT2D eigenvalue weighted by atomic mass is 35.5. The Morgan fingerprint density at radius 1 is 0.871 bits per heavy atom. The zero-order valence-electron chi connectivity index (χ0n) is 16.3. The average molecular weight is 450 g/mol. The first-order valence-corrected chi connectivity index (χ1v) is 9.51. The highest BCUT2D eigenvalue weighted by molar-refractivity contribution is 6.50. The number of hydrogen-bond acceptors (Lipinski definition) is 2. The monoisotopic (exact) mass is 449 g/mol. The van der Waals surface area contributed by atoms with Gasteiger partial charge in [0.15, 0.2) is 0 Å². The van der Waals surface area contributed by atoms with Gasteiger partial charge in [-0.15, -0.1) is 0 Å². The fourth-order valence-corrected chi connectivity index (χ4v) is 3.03. The van der Waals surface area contributed by atoms with Gasteiger partial charge >= 0.3 is 7.25 Å². The van der Waals surface area contributed by atoms with Gasteiger partial charge in [0.25, 0.3) is 0 Å². The normalized spacial score (nSPS) is 11.7. The third-order valence-corrected chi connectivity index (χ3v) is 4.37. The first-order chi connectivity index (χ1) is 14.7. The van der Waals surface area contributed by atoms with Crippen molar-refractivity contribution in [2.75, 3.05) is 7.11 Å². The molecular formula is C22H17BClF4NO2. The lowest BCUT2D eigenvalue weighted by Gasteiger charge is -2.03. The summed E-state index contributed by atoms with van der Waals surface area (Å²) in [7, 11) is -4.34. The third-order valence-electron chi connectivity index (χ3n) is 4.13. The highest BCUT2D eigenvalue weighted by Gasteiger charge is 2.20. The van der Waals surface area contributed by atoms with Gasteiger partial charge in [0.2, 0.25) is 11.0 Å². The summed E-state index contributed by atoms with van der Waals surface area (Å²) in [6, 6.07) is 25.4. The van der Waals surface area contributed by atoms with E-state index in [1.165, 1.54) is 0 Å². The van der Waals surface area contributed by atoms with E-state index in [2.05, 4.69) is 4.99 Å². The van der Waals surface area contributed by atoms with Crippen molar-refractivity contribution in [2.45, 2.75) is 0 Å². The van der Waals surface area contributed by atoms with Crippen molar-refractivity contribution >= 4 is 35.5 Å². The maximum absolute atomic E-state index is 9.75. The SMILES string of the molecule is COc1cccc([NH+]=c2cc(-c3ccccc3)oc3ccc(Cl)cc23)c1.F[B-](F)(F)F. The van der Waals surface area contributed by atoms with E-state index in [-0.39, 0.29) is 0 Å². The number of rotatable bonds is 3. The largest absolute Gasteiger partial charge is 0.673 e. The van der Waals surface area contributed by atoms with Gasteiger partial charge in [0.1, 0.15) is 17.1 Å². The Morgan fingerprint density at radius 3 is 2.26 bits per heavy atom. The molecule has 0 unspecified atom stereocenters. The second-order valence-corrected chi connectivity index (χ2v) is 6.82. The van der Waals surface area contributed by atoms with E-state index < -0.39 is 7.25 Å². The highest BCUT2D eigenvalue weighted by Crippen LogP contribution is 2.23. The summed E-state index contributed by atoms with van der Waals surface area (Å²) >= 11 is 6.21. The van der Waals surface area contributed by atoms with E-state index in [9.17, 15) is 17.3 Å². The molecule has 1 heterocycles. The quantitative estimate of drug-likeness (QED) is 0.337. The smallest absolute Gasteiger partial charge is 0.497 e. The second-order valence-electron chi connectivity index (χ2n) is 6.38. The van der Waals surface area contributed by atoms with E-state index in [0.717, 1.165) is 39.1 Å². The summed E-state index contributed by atoms with van der Waals surface area (Å²) in [6.07, 6.45) is 0. The molecule has 0 bridgehead atoms. The molecule has 4 rings (SSSR count). The zero-order valence-corrected chi connectivity index (χ0v) is 17.0. The van der Waals surface area contributed by atoms with Crippen LogP contribution in [-0.4, -0.2) is 14.4 Å². The number of halogens is 5. The molecule has 0 amide bonds. The van der Waals surface area contributed by atoms with Crippen LogP contribution >= 0.6 is 11.6 Å². The standard InChI is InChI=1S/C22H16ClNO2.BF4/c1-25-18-9-5-8-17(13-18)24-20-14-22(15-6-3-2-4-7-15)26-21-11-10-16(23)12-19(20)21;2-1(3,4)5/h2-14H,1H3;/q;-1/p+1. The Bertz CT molecular complexity index is 1240. The van der Waals surface area contributed by atoms with Gasteiger partial charge in [0, 0.05) is 16.7 Å². The Hall–Kier alpha value is -3.26. The topological polar surface area (TPSA) is 36.3 Å². The minimum Gasteiger partial charge on any atom is -0.497 e. The molecule has 0 fully saturated rings. The molecule has 0 aliphatic rings. The molecule has 0 spiro atoms. The van der Waals surface area contributed by atoms with Gasteiger partial charge in [-0.2, -0.15) is 0 Å². The van der Waals surface area contributed by atoms with Crippen molar-refractivity contribution in [1.29, 1.82) is 0 Å². The number of benzene rings is 3. The summed E-state index contributed by atoms with van der Waals surface area (Å²) < 4.78 is 50.4. The summed E-state index contributed by atoms with van der Waals surface area (Å²) in [4.78, 5) is 3.46. The van der Waals surface area contributed by atoms with Crippen molar-refractivity contribution in [2.24, 2.45) is 0 Å².